The van der Waals surface area contributed by atoms with E-state index in [2.05, 4.69) is 4.98 Å². The van der Waals surface area contributed by atoms with Crippen molar-refractivity contribution in [2.24, 2.45) is 0 Å². The van der Waals surface area contributed by atoms with Crippen LogP contribution in [0.1, 0.15) is 60.6 Å². The summed E-state index contributed by atoms with van der Waals surface area (Å²) < 4.78 is 348. The quantitative estimate of drug-likeness (QED) is 0.0541. The van der Waals surface area contributed by atoms with Crippen molar-refractivity contribution in [3.63, 3.8) is 0 Å². The zero-order valence-electron chi connectivity index (χ0n) is 38.9. The average Bonchev–Trinajstić information content (AvgIpc) is 3.33. The number of aromatic nitrogens is 2. The van der Waals surface area contributed by atoms with E-state index in [1.54, 1.807) is 17.0 Å². The zero-order chi connectivity index (χ0) is 60.0. The Morgan fingerprint density at radius 1 is 0.425 bits per heavy atom. The Balaban J connectivity index is 0.000000370. The highest BCUT2D eigenvalue weighted by Gasteiger charge is 2.47. The van der Waals surface area contributed by atoms with Crippen LogP contribution in [0.3, 0.4) is 0 Å². The topological polar surface area (TPSA) is 63.3 Å². The van der Waals surface area contributed by atoms with E-state index in [0.717, 1.165) is 5.56 Å². The number of esters is 1. The Morgan fingerprint density at radius 2 is 0.713 bits per heavy atom. The predicted octanol–water partition coefficient (Wildman–Crippen LogP) is 13.6. The van der Waals surface area contributed by atoms with Gasteiger partial charge in [0.2, 0.25) is 0 Å². The summed E-state index contributed by atoms with van der Waals surface area (Å²) in [5, 5.41) is 9.26. The fourth-order valence-corrected chi connectivity index (χ4v) is 8.22. The monoisotopic (exact) mass is 1170 g/mol. The molecule has 0 saturated carbocycles. The molecule has 0 aliphatic rings. The summed E-state index contributed by atoms with van der Waals surface area (Å²) in [7, 11) is 0. The van der Waals surface area contributed by atoms with Crippen molar-refractivity contribution < 1.29 is 125 Å². The molecule has 1 heterocycles. The van der Waals surface area contributed by atoms with Gasteiger partial charge in [-0.2, -0.15) is 132 Å². The molecule has 7 aromatic rings. The van der Waals surface area contributed by atoms with Gasteiger partial charge in [-0.05, 0) is 48.5 Å². The molecule has 0 saturated heterocycles. The first-order valence-electron chi connectivity index (χ1n) is 21.7. The maximum Gasteiger partial charge on any atom is 0.416 e. The Morgan fingerprint density at radius 3 is 0.988 bits per heavy atom. The number of rotatable bonds is 8. The third-order valence-electron chi connectivity index (χ3n) is 11.7. The third-order valence-corrected chi connectivity index (χ3v) is 11.7. The first-order valence-corrected chi connectivity index (χ1v) is 21.7. The minimum absolute atomic E-state index is 0.116. The SMILES string of the molecule is FC(F)(F)c1cc([B-](c2cc(C(F)(F)F)cc(C(F)(F)F)c2)(c2cc(C(F)(F)F)cc(C(F)(F)F)c2)c2cc(C(F)(F)F)cc(C(F)(F)F)c2)cc(C(F)(F)F)c1.O=C(Oc1ccc(O)cc1)c1cncc[n+]1Cc1ccccc1. The van der Waals surface area contributed by atoms with Crippen LogP contribution in [-0.4, -0.2) is 22.2 Å². The second-order valence-corrected chi connectivity index (χ2v) is 17.2. The summed E-state index contributed by atoms with van der Waals surface area (Å²) in [5.74, 6) is -0.0204. The molecule has 1 aromatic heterocycles. The minimum Gasteiger partial charge on any atom is -0.508 e. The highest BCUT2D eigenvalue weighted by molar-refractivity contribution is 7.20. The number of aromatic hydroxyl groups is 1. The van der Waals surface area contributed by atoms with Gasteiger partial charge in [0.25, 0.3) is 0 Å². The normalized spacial score (nSPS) is 13.2. The molecule has 426 valence electrons. The van der Waals surface area contributed by atoms with Gasteiger partial charge in [0.1, 0.15) is 23.8 Å². The second kappa shape index (κ2) is 21.6. The van der Waals surface area contributed by atoms with E-state index in [0.29, 0.717) is 18.0 Å². The summed E-state index contributed by atoms with van der Waals surface area (Å²) in [6.45, 7) is 0.545. The molecule has 7 rings (SSSR count). The van der Waals surface area contributed by atoms with Crippen LogP contribution in [0.4, 0.5) is 105 Å². The smallest absolute Gasteiger partial charge is 0.416 e. The predicted molar refractivity (Wildman–Crippen MR) is 233 cm³/mol. The molecule has 0 bridgehead atoms. The molecule has 0 unspecified atom stereocenters. The fraction of sp³-hybridized carbons (Fsp3) is 0.180. The number of hydrogen-bond donors (Lipinski definition) is 1. The van der Waals surface area contributed by atoms with Crippen LogP contribution in [0, 0.1) is 0 Å². The van der Waals surface area contributed by atoms with Crippen LogP contribution < -0.4 is 31.2 Å². The number of halogens is 24. The first-order chi connectivity index (χ1) is 36.5. The molecule has 80 heavy (non-hydrogen) atoms. The standard InChI is InChI=1S/C32H12BF24.C18H14N2O3/c34-25(35,36)13-1-14(26(37,38)39)6-21(5-13)33(22-7-15(27(40,41)42)2-16(8-22)28(43,44)45,23-9-17(29(46,47)48)3-18(10-23)30(49,50)51)24-11-19(31(52,53)54)4-20(12-24)32(55,56)57;21-15-6-8-16(9-7-15)23-18(22)17-12-19-10-11-20(17)13-14-4-2-1-3-5-14/h1-12H;1-12H,13H2/q-1;/p+1. The summed E-state index contributed by atoms with van der Waals surface area (Å²) in [5.41, 5.74) is -28.8. The van der Waals surface area contributed by atoms with Gasteiger partial charge in [0.05, 0.1) is 50.7 Å². The number of alkyl halides is 24. The Hall–Kier alpha value is -7.95. The number of carbonyl (C=O) groups excluding carboxylic acids is 1. The van der Waals surface area contributed by atoms with E-state index in [-0.39, 0.29) is 5.75 Å². The van der Waals surface area contributed by atoms with Crippen molar-refractivity contribution in [3.8, 4) is 11.5 Å². The summed E-state index contributed by atoms with van der Waals surface area (Å²) in [6, 6.07) is 7.00. The molecule has 0 spiro atoms. The number of phenols is 1. The molecule has 0 radical (unpaired) electrons. The van der Waals surface area contributed by atoms with E-state index in [9.17, 15) is 115 Å². The third kappa shape index (κ3) is 14.3. The number of phenolic OH excluding ortho intramolecular Hbond substituents is 1. The number of hydrogen-bond acceptors (Lipinski definition) is 4. The Kier molecular flexibility index (Phi) is 16.5. The molecule has 5 nitrogen and oxygen atoms in total. The zero-order valence-corrected chi connectivity index (χ0v) is 38.9. The molecule has 0 amide bonds. The second-order valence-electron chi connectivity index (χ2n) is 17.2. The van der Waals surface area contributed by atoms with Crippen LogP contribution in [-0.2, 0) is 56.0 Å². The first kappa shape index (κ1) is 61.3. The van der Waals surface area contributed by atoms with Crippen molar-refractivity contribution in [2.75, 3.05) is 0 Å². The minimum atomic E-state index is -6.13. The van der Waals surface area contributed by atoms with Crippen LogP contribution in [0.5, 0.6) is 11.5 Å². The lowest BCUT2D eigenvalue weighted by atomic mass is 9.12. The van der Waals surface area contributed by atoms with Gasteiger partial charge < -0.3 is 9.84 Å². The average molecular weight is 1170 g/mol. The number of carbonyl (C=O) groups is 1. The molecule has 0 atom stereocenters. The molecular weight excluding hydrogens is 1140 g/mol. The molecule has 0 aliphatic carbocycles. The van der Waals surface area contributed by atoms with Gasteiger partial charge in [-0.15, -0.1) is 0 Å². The lowest BCUT2D eigenvalue weighted by Crippen LogP contribution is -2.75. The van der Waals surface area contributed by atoms with Crippen molar-refractivity contribution in [1.29, 1.82) is 0 Å². The molecule has 0 aliphatic heterocycles. The summed E-state index contributed by atoms with van der Waals surface area (Å²) in [4.78, 5) is 16.4. The number of benzene rings is 6. The van der Waals surface area contributed by atoms with E-state index in [4.69, 9.17) is 4.74 Å². The maximum absolute atomic E-state index is 14.2. The van der Waals surface area contributed by atoms with Crippen LogP contribution >= 0.6 is 0 Å². The van der Waals surface area contributed by atoms with Crippen molar-refractivity contribution >= 4 is 34.0 Å². The van der Waals surface area contributed by atoms with E-state index < -0.39 is 201 Å². The van der Waals surface area contributed by atoms with Gasteiger partial charge in [-0.1, -0.05) is 78.9 Å². The molecular formula is C50H27BF24N2O3. The van der Waals surface area contributed by atoms with Crippen LogP contribution in [0.15, 0.2) is 146 Å². The molecule has 30 heteroatoms. The number of ether oxygens (including phenoxy) is 1. The Bertz CT molecular complexity index is 2920. The number of nitrogens with zero attached hydrogens (tertiary/aromatic N) is 2. The van der Waals surface area contributed by atoms with Crippen molar-refractivity contribution in [1.82, 2.24) is 4.98 Å². The van der Waals surface area contributed by atoms with E-state index >= 15 is 0 Å². The van der Waals surface area contributed by atoms with Crippen molar-refractivity contribution in [3.05, 3.63) is 202 Å². The molecule has 6 aromatic carbocycles. The lowest BCUT2D eigenvalue weighted by molar-refractivity contribution is -0.691. The Labute approximate surface area is 432 Å². The van der Waals surface area contributed by atoms with Crippen LogP contribution in [0.25, 0.3) is 0 Å². The summed E-state index contributed by atoms with van der Waals surface area (Å²) >= 11 is 0. The van der Waals surface area contributed by atoms with Gasteiger partial charge in [-0.25, -0.2) is 4.79 Å². The van der Waals surface area contributed by atoms with E-state index in [1.807, 2.05) is 30.3 Å². The van der Waals surface area contributed by atoms with Gasteiger partial charge in [0, 0.05) is 5.56 Å². The van der Waals surface area contributed by atoms with Crippen molar-refractivity contribution in [2.45, 2.75) is 56.0 Å². The van der Waals surface area contributed by atoms with Gasteiger partial charge in [-0.3, -0.25) is 4.98 Å². The van der Waals surface area contributed by atoms with E-state index in [1.165, 1.54) is 30.5 Å². The van der Waals surface area contributed by atoms with Gasteiger partial charge >= 0.3 is 61.1 Å². The maximum atomic E-state index is 14.2. The molecule has 0 fully saturated rings. The summed E-state index contributed by atoms with van der Waals surface area (Å²) in [6.07, 6.45) is -50.0. The largest absolute Gasteiger partial charge is 0.508 e. The lowest BCUT2D eigenvalue weighted by Gasteiger charge is -2.46. The molecule has 1 N–H and O–H groups in total. The fourth-order valence-electron chi connectivity index (χ4n) is 8.22. The highest BCUT2D eigenvalue weighted by atomic mass is 19.4. The van der Waals surface area contributed by atoms with Gasteiger partial charge in [0.15, 0.2) is 12.7 Å². The van der Waals surface area contributed by atoms with Crippen LogP contribution in [0.2, 0.25) is 0 Å². The highest BCUT2D eigenvalue weighted by Crippen LogP contribution is 2.41.